The highest BCUT2D eigenvalue weighted by molar-refractivity contribution is 9.10. The van der Waals surface area contributed by atoms with Crippen molar-refractivity contribution >= 4 is 34.6 Å². The summed E-state index contributed by atoms with van der Waals surface area (Å²) in [5.41, 5.74) is -0.913. The molecule has 0 unspecified atom stereocenters. The fourth-order valence-electron chi connectivity index (χ4n) is 1.61. The average Bonchev–Trinajstić information content (AvgIpc) is 2.18. The summed E-state index contributed by atoms with van der Waals surface area (Å²) in [6.07, 6.45) is -0.523. The van der Waals surface area contributed by atoms with Gasteiger partial charge in [0.1, 0.15) is 0 Å². The van der Waals surface area contributed by atoms with Gasteiger partial charge in [0, 0.05) is 4.47 Å². The molecule has 4 N–H and O–H groups in total. The van der Waals surface area contributed by atoms with Crippen LogP contribution in [0.1, 0.15) is 5.56 Å². The molecule has 0 amide bonds. The third-order valence-electron chi connectivity index (χ3n) is 2.25. The molecule has 0 saturated heterocycles. The zero-order valence-electron chi connectivity index (χ0n) is 8.81. The first kappa shape index (κ1) is 13.2. The summed E-state index contributed by atoms with van der Waals surface area (Å²) in [5, 5.41) is 0. The zero-order valence-corrected chi connectivity index (χ0v) is 11.3. The van der Waals surface area contributed by atoms with Gasteiger partial charge in [0.15, 0.2) is 0 Å². The Morgan fingerprint density at radius 2 is 1.78 bits per heavy atom. The molecule has 0 fully saturated rings. The molecule has 2 rings (SSSR count). The van der Waals surface area contributed by atoms with Gasteiger partial charge >= 0.3 is 18.7 Å². The molecule has 0 spiro atoms. The average molecular weight is 335 g/mol. The molecule has 7 nitrogen and oxygen atoms in total. The Hall–Kier alpha value is -1.21. The van der Waals surface area contributed by atoms with E-state index in [9.17, 15) is 14.2 Å². The molecule has 0 aliphatic carbocycles. The van der Waals surface area contributed by atoms with E-state index >= 15 is 0 Å². The monoisotopic (exact) mass is 334 g/mol. The van der Waals surface area contributed by atoms with Gasteiger partial charge in [-0.2, -0.15) is 0 Å². The van der Waals surface area contributed by atoms with E-state index in [1.807, 2.05) is 0 Å². The number of fused-ring (bicyclic) bond motifs is 1. The van der Waals surface area contributed by atoms with E-state index in [4.69, 9.17) is 9.79 Å². The van der Waals surface area contributed by atoms with Crippen LogP contribution in [-0.2, 0) is 10.7 Å². The molecular formula is C9H8BrN2O5P. The predicted molar refractivity (Wildman–Crippen MR) is 68.6 cm³/mol. The highest BCUT2D eigenvalue weighted by Crippen LogP contribution is 2.40. The summed E-state index contributed by atoms with van der Waals surface area (Å²) in [4.78, 5) is 45.0. The fraction of sp³-hybridized carbons (Fsp3) is 0.111. The molecular weight excluding hydrogens is 327 g/mol. The van der Waals surface area contributed by atoms with Gasteiger partial charge in [-0.15, -0.1) is 0 Å². The lowest BCUT2D eigenvalue weighted by atomic mass is 10.2. The molecule has 0 aliphatic rings. The number of hydrogen-bond donors (Lipinski definition) is 4. The molecule has 9 heteroatoms. The van der Waals surface area contributed by atoms with Crippen molar-refractivity contribution in [3.63, 3.8) is 0 Å². The van der Waals surface area contributed by atoms with Gasteiger partial charge < -0.3 is 19.8 Å². The standard InChI is InChI=1S/C9H8BrN2O5P/c10-5-1-4(3-18(15,16)17)7-6(2-5)11-8(13)9(14)12-7/h1-2H,3H2,(H,11,13)(H,12,14)(H2,15,16,17). The van der Waals surface area contributed by atoms with E-state index < -0.39 is 24.9 Å². The van der Waals surface area contributed by atoms with Crippen molar-refractivity contribution in [1.29, 1.82) is 0 Å². The van der Waals surface area contributed by atoms with Gasteiger partial charge in [0.05, 0.1) is 17.2 Å². The molecule has 18 heavy (non-hydrogen) atoms. The molecule has 0 radical (unpaired) electrons. The number of H-pyrrole nitrogens is 2. The van der Waals surface area contributed by atoms with Crippen LogP contribution in [0, 0.1) is 0 Å². The van der Waals surface area contributed by atoms with Gasteiger partial charge in [-0.3, -0.25) is 14.2 Å². The predicted octanol–water partition coefficient (Wildman–Crippen LogP) is 0.657. The van der Waals surface area contributed by atoms with Gasteiger partial charge in [-0.05, 0) is 17.7 Å². The van der Waals surface area contributed by atoms with Crippen LogP contribution < -0.4 is 11.1 Å². The number of benzene rings is 1. The van der Waals surface area contributed by atoms with Crippen LogP contribution >= 0.6 is 23.5 Å². The second-order valence-electron chi connectivity index (χ2n) is 3.72. The molecule has 96 valence electrons. The Balaban J connectivity index is 2.80. The Kier molecular flexibility index (Phi) is 3.29. The van der Waals surface area contributed by atoms with Gasteiger partial charge in [-0.1, -0.05) is 15.9 Å². The minimum absolute atomic E-state index is 0.214. The van der Waals surface area contributed by atoms with Crippen molar-refractivity contribution in [2.24, 2.45) is 0 Å². The normalized spacial score (nSPS) is 11.9. The quantitative estimate of drug-likeness (QED) is 0.474. The minimum Gasteiger partial charge on any atom is -0.324 e. The maximum Gasteiger partial charge on any atom is 0.329 e. The Morgan fingerprint density at radius 1 is 1.17 bits per heavy atom. The van der Waals surface area contributed by atoms with E-state index in [2.05, 4.69) is 25.9 Å². The smallest absolute Gasteiger partial charge is 0.324 e. The molecule has 1 heterocycles. The number of aromatic amines is 2. The molecule has 0 bridgehead atoms. The van der Waals surface area contributed by atoms with Crippen LogP contribution in [0.3, 0.4) is 0 Å². The largest absolute Gasteiger partial charge is 0.329 e. The second-order valence-corrected chi connectivity index (χ2v) is 6.28. The molecule has 0 aliphatic heterocycles. The van der Waals surface area contributed by atoms with Crippen molar-refractivity contribution in [3.8, 4) is 0 Å². The molecule has 0 atom stereocenters. The molecule has 0 saturated carbocycles. The Bertz CT molecular complexity index is 775. The van der Waals surface area contributed by atoms with Crippen LogP contribution in [0.4, 0.5) is 0 Å². The van der Waals surface area contributed by atoms with E-state index in [1.54, 1.807) is 0 Å². The Labute approximate surface area is 108 Å². The van der Waals surface area contributed by atoms with Crippen LogP contribution in [0.5, 0.6) is 0 Å². The van der Waals surface area contributed by atoms with Crippen LogP contribution in [0.25, 0.3) is 11.0 Å². The van der Waals surface area contributed by atoms with Gasteiger partial charge in [-0.25, -0.2) is 0 Å². The topological polar surface area (TPSA) is 123 Å². The van der Waals surface area contributed by atoms with Crippen molar-refractivity contribution in [2.45, 2.75) is 6.16 Å². The third kappa shape index (κ3) is 2.78. The molecule has 1 aromatic carbocycles. The molecule has 1 aromatic heterocycles. The lowest BCUT2D eigenvalue weighted by molar-refractivity contribution is 0.372. The SMILES string of the molecule is O=c1[nH]c2cc(Br)cc(CP(=O)(O)O)c2[nH]c1=O. The van der Waals surface area contributed by atoms with E-state index in [0.717, 1.165) is 0 Å². The third-order valence-corrected chi connectivity index (χ3v) is 3.46. The summed E-state index contributed by atoms with van der Waals surface area (Å²) >= 11 is 3.17. The number of rotatable bonds is 2. The number of aromatic nitrogens is 2. The minimum atomic E-state index is -4.27. The van der Waals surface area contributed by atoms with Crippen LogP contribution in [0.2, 0.25) is 0 Å². The van der Waals surface area contributed by atoms with Crippen LogP contribution in [-0.4, -0.2) is 19.8 Å². The first-order valence-corrected chi connectivity index (χ1v) is 7.34. The summed E-state index contributed by atoms with van der Waals surface area (Å²) in [6, 6.07) is 3.02. The lowest BCUT2D eigenvalue weighted by Crippen LogP contribution is -2.29. The van der Waals surface area contributed by atoms with E-state index in [-0.39, 0.29) is 11.1 Å². The van der Waals surface area contributed by atoms with Crippen molar-refractivity contribution in [1.82, 2.24) is 9.97 Å². The first-order valence-electron chi connectivity index (χ1n) is 4.75. The summed E-state index contributed by atoms with van der Waals surface area (Å²) in [6.45, 7) is 0. The number of nitrogens with one attached hydrogen (secondary N) is 2. The van der Waals surface area contributed by atoms with Gasteiger partial charge in [0.25, 0.3) is 0 Å². The maximum absolute atomic E-state index is 11.2. The summed E-state index contributed by atoms with van der Waals surface area (Å²) < 4.78 is 11.6. The second kappa shape index (κ2) is 4.47. The highest BCUT2D eigenvalue weighted by Gasteiger charge is 2.17. The lowest BCUT2D eigenvalue weighted by Gasteiger charge is -2.08. The van der Waals surface area contributed by atoms with Crippen LogP contribution in [0.15, 0.2) is 26.2 Å². The fourth-order valence-corrected chi connectivity index (χ4v) is 2.80. The van der Waals surface area contributed by atoms with E-state index in [1.165, 1.54) is 12.1 Å². The number of hydrogen-bond acceptors (Lipinski definition) is 3. The first-order chi connectivity index (χ1) is 8.26. The number of halogens is 1. The van der Waals surface area contributed by atoms with Crippen molar-refractivity contribution in [3.05, 3.63) is 42.9 Å². The molecule has 2 aromatic rings. The summed E-state index contributed by atoms with van der Waals surface area (Å²) in [7, 11) is -4.27. The summed E-state index contributed by atoms with van der Waals surface area (Å²) in [5.74, 6) is 0. The van der Waals surface area contributed by atoms with Crippen molar-refractivity contribution in [2.75, 3.05) is 0 Å². The highest BCUT2D eigenvalue weighted by atomic mass is 79.9. The van der Waals surface area contributed by atoms with Crippen molar-refractivity contribution < 1.29 is 14.4 Å². The zero-order chi connectivity index (χ0) is 13.5. The maximum atomic E-state index is 11.2. The Morgan fingerprint density at radius 3 is 2.39 bits per heavy atom. The van der Waals surface area contributed by atoms with E-state index in [0.29, 0.717) is 9.99 Å². The van der Waals surface area contributed by atoms with Gasteiger partial charge in [0.2, 0.25) is 0 Å².